The Labute approximate surface area is 165 Å². The third-order valence-electron chi connectivity index (χ3n) is 6.47. The molecular formula is C20H33B2NO4. The molecule has 2 aliphatic rings. The zero-order valence-corrected chi connectivity index (χ0v) is 18.3. The number of hydrogen-bond donors (Lipinski definition) is 0. The summed E-state index contributed by atoms with van der Waals surface area (Å²) in [6, 6.07) is 8.44. The van der Waals surface area contributed by atoms with Crippen LogP contribution in [0.4, 0.5) is 0 Å². The van der Waals surface area contributed by atoms with Gasteiger partial charge in [-0.05, 0) is 67.9 Å². The minimum Gasteiger partial charge on any atom is -0.390 e. The van der Waals surface area contributed by atoms with Crippen molar-refractivity contribution in [3.8, 4) is 0 Å². The Bertz CT molecular complexity index is 637. The van der Waals surface area contributed by atoms with Gasteiger partial charge in [-0.2, -0.15) is 0 Å². The standard InChI is InChI=1S/C20H33B2NO4/c1-15-11-10-12-16(13-15)14-23(21-24-17(2,3)18(4,5)25-21)22-26-19(6,7)20(8,9)27-22/h10-13H,14H2,1-9H3. The predicted octanol–water partition coefficient (Wildman–Crippen LogP) is 3.97. The number of nitrogens with zero attached hydrogens (tertiary/aromatic N) is 1. The van der Waals surface area contributed by atoms with Crippen LogP contribution in [0.3, 0.4) is 0 Å². The van der Waals surface area contributed by atoms with Gasteiger partial charge < -0.3 is 18.6 Å². The van der Waals surface area contributed by atoms with Crippen LogP contribution >= 0.6 is 0 Å². The molecule has 0 bridgehead atoms. The molecule has 2 heterocycles. The minimum atomic E-state index is -0.551. The van der Waals surface area contributed by atoms with Crippen LogP contribution < -0.4 is 0 Å². The Kier molecular flexibility index (Phi) is 5.10. The Morgan fingerprint density at radius 3 is 1.52 bits per heavy atom. The molecule has 0 unspecified atom stereocenters. The van der Waals surface area contributed by atoms with Crippen LogP contribution in [-0.2, 0) is 25.2 Å². The molecule has 2 fully saturated rings. The lowest BCUT2D eigenvalue weighted by molar-refractivity contribution is 0.00578. The van der Waals surface area contributed by atoms with E-state index >= 15 is 0 Å². The van der Waals surface area contributed by atoms with Crippen molar-refractivity contribution in [3.63, 3.8) is 0 Å². The van der Waals surface area contributed by atoms with Gasteiger partial charge in [-0.15, -0.1) is 0 Å². The van der Waals surface area contributed by atoms with Gasteiger partial charge in [0.25, 0.3) is 0 Å². The van der Waals surface area contributed by atoms with Crippen molar-refractivity contribution in [1.29, 1.82) is 0 Å². The second-order valence-electron chi connectivity index (χ2n) is 9.79. The Balaban J connectivity index is 1.91. The highest BCUT2D eigenvalue weighted by Gasteiger charge is 2.61. The molecule has 1 aromatic carbocycles. The molecule has 0 aromatic heterocycles. The van der Waals surface area contributed by atoms with Crippen LogP contribution in [0.15, 0.2) is 24.3 Å². The topological polar surface area (TPSA) is 40.2 Å². The quantitative estimate of drug-likeness (QED) is 0.747. The van der Waals surface area contributed by atoms with Gasteiger partial charge in [-0.1, -0.05) is 29.8 Å². The van der Waals surface area contributed by atoms with Gasteiger partial charge in [0.1, 0.15) is 0 Å². The fourth-order valence-corrected chi connectivity index (χ4v) is 3.16. The number of rotatable bonds is 4. The van der Waals surface area contributed by atoms with E-state index in [0.29, 0.717) is 6.54 Å². The van der Waals surface area contributed by atoms with Crippen molar-refractivity contribution in [3.05, 3.63) is 35.4 Å². The summed E-state index contributed by atoms with van der Waals surface area (Å²) < 4.78 is 27.3. The van der Waals surface area contributed by atoms with E-state index in [9.17, 15) is 0 Å². The highest BCUT2D eigenvalue weighted by molar-refractivity contribution is 6.60. The van der Waals surface area contributed by atoms with Crippen LogP contribution in [0.2, 0.25) is 0 Å². The Morgan fingerprint density at radius 2 is 1.15 bits per heavy atom. The van der Waals surface area contributed by atoms with Gasteiger partial charge in [-0.25, -0.2) is 0 Å². The lowest BCUT2D eigenvalue weighted by Crippen LogP contribution is -2.52. The second-order valence-corrected chi connectivity index (χ2v) is 9.79. The van der Waals surface area contributed by atoms with Gasteiger partial charge in [0, 0.05) is 6.54 Å². The predicted molar refractivity (Wildman–Crippen MR) is 109 cm³/mol. The average Bonchev–Trinajstić information content (AvgIpc) is 2.84. The van der Waals surface area contributed by atoms with Gasteiger partial charge in [0.05, 0.1) is 22.4 Å². The van der Waals surface area contributed by atoms with E-state index in [1.807, 2.05) is 4.72 Å². The van der Waals surface area contributed by atoms with E-state index < -0.39 is 36.9 Å². The summed E-state index contributed by atoms with van der Waals surface area (Å²) >= 11 is 0. The first-order chi connectivity index (χ1) is 12.2. The van der Waals surface area contributed by atoms with Crippen LogP contribution in [0.5, 0.6) is 0 Å². The first-order valence-electron chi connectivity index (χ1n) is 9.77. The summed E-state index contributed by atoms with van der Waals surface area (Å²) in [5.41, 5.74) is 0.686. The molecule has 0 saturated carbocycles. The zero-order chi connectivity index (χ0) is 20.3. The van der Waals surface area contributed by atoms with E-state index in [2.05, 4.69) is 86.6 Å². The normalized spacial score (nSPS) is 25.4. The molecule has 5 nitrogen and oxygen atoms in total. The molecule has 0 amide bonds. The lowest BCUT2D eigenvalue weighted by atomic mass is 9.87. The first-order valence-corrected chi connectivity index (χ1v) is 9.77. The van der Waals surface area contributed by atoms with Gasteiger partial charge in [-0.3, -0.25) is 4.72 Å². The molecule has 27 heavy (non-hydrogen) atoms. The summed E-state index contributed by atoms with van der Waals surface area (Å²) in [4.78, 5) is 0. The average molecular weight is 373 g/mol. The summed E-state index contributed by atoms with van der Waals surface area (Å²) in [6.45, 7) is 19.2. The van der Waals surface area contributed by atoms with Gasteiger partial charge >= 0.3 is 14.5 Å². The molecule has 0 atom stereocenters. The third kappa shape index (κ3) is 3.85. The van der Waals surface area contributed by atoms with Crippen LogP contribution in [-0.4, -0.2) is 41.6 Å². The van der Waals surface area contributed by atoms with E-state index in [1.54, 1.807) is 0 Å². The second kappa shape index (κ2) is 6.60. The fourth-order valence-electron chi connectivity index (χ4n) is 3.16. The lowest BCUT2D eigenvalue weighted by Gasteiger charge is -2.32. The molecule has 3 rings (SSSR count). The van der Waals surface area contributed by atoms with E-state index in [0.717, 1.165) is 0 Å². The highest BCUT2D eigenvalue weighted by atomic mass is 16.7. The molecule has 2 saturated heterocycles. The molecule has 0 aliphatic carbocycles. The van der Waals surface area contributed by atoms with E-state index in [-0.39, 0.29) is 0 Å². The Morgan fingerprint density at radius 1 is 0.741 bits per heavy atom. The molecule has 0 N–H and O–H groups in total. The molecule has 7 heteroatoms. The van der Waals surface area contributed by atoms with Crippen molar-refractivity contribution >= 4 is 14.5 Å². The number of benzene rings is 1. The summed E-state index contributed by atoms with van der Waals surface area (Å²) in [6.07, 6.45) is 0. The van der Waals surface area contributed by atoms with Gasteiger partial charge in [0.2, 0.25) is 0 Å². The molecular weight excluding hydrogens is 340 g/mol. The largest absolute Gasteiger partial charge is 0.551 e. The number of hydrogen-bond acceptors (Lipinski definition) is 5. The smallest absolute Gasteiger partial charge is 0.390 e. The fraction of sp³-hybridized carbons (Fsp3) is 0.700. The van der Waals surface area contributed by atoms with Crippen molar-refractivity contribution in [2.24, 2.45) is 0 Å². The minimum absolute atomic E-state index is 0.424. The van der Waals surface area contributed by atoms with E-state index in [1.165, 1.54) is 11.1 Å². The third-order valence-corrected chi connectivity index (χ3v) is 6.47. The van der Waals surface area contributed by atoms with Crippen LogP contribution in [0.25, 0.3) is 0 Å². The van der Waals surface area contributed by atoms with Crippen molar-refractivity contribution in [1.82, 2.24) is 4.72 Å². The SMILES string of the molecule is Cc1cccc(CN(B2OC(C)(C)C(C)(C)O2)B2OC(C)(C)C(C)(C)O2)c1. The zero-order valence-electron chi connectivity index (χ0n) is 18.3. The van der Waals surface area contributed by atoms with Crippen molar-refractivity contribution in [2.75, 3.05) is 0 Å². The summed E-state index contributed by atoms with van der Waals surface area (Å²) in [5, 5.41) is 0. The molecule has 0 radical (unpaired) electrons. The van der Waals surface area contributed by atoms with Crippen molar-refractivity contribution in [2.45, 2.75) is 91.3 Å². The molecule has 148 valence electrons. The van der Waals surface area contributed by atoms with E-state index in [4.69, 9.17) is 18.6 Å². The molecule has 2 aliphatic heterocycles. The highest BCUT2D eigenvalue weighted by Crippen LogP contribution is 2.42. The van der Waals surface area contributed by atoms with Crippen LogP contribution in [0, 0.1) is 6.92 Å². The maximum Gasteiger partial charge on any atom is 0.551 e. The molecule has 1 aromatic rings. The van der Waals surface area contributed by atoms with Gasteiger partial charge in [0.15, 0.2) is 0 Å². The number of aryl methyl sites for hydroxylation is 1. The monoisotopic (exact) mass is 373 g/mol. The maximum atomic E-state index is 6.32. The summed E-state index contributed by atoms with van der Waals surface area (Å²) in [7, 11) is -1.10. The maximum absolute atomic E-state index is 6.32. The van der Waals surface area contributed by atoms with Crippen LogP contribution in [0.1, 0.15) is 66.5 Å². The van der Waals surface area contributed by atoms with Crippen molar-refractivity contribution < 1.29 is 18.6 Å². The summed E-state index contributed by atoms with van der Waals surface area (Å²) in [5.74, 6) is 0. The Hall–Kier alpha value is -0.850. The first kappa shape index (κ1) is 20.9. The molecule has 0 spiro atoms.